The van der Waals surface area contributed by atoms with Crippen LogP contribution in [0.5, 0.6) is 0 Å². The lowest BCUT2D eigenvalue weighted by molar-refractivity contribution is -0.0769. The minimum Gasteiger partial charge on any atom is -0.364 e. The second-order valence-corrected chi connectivity index (χ2v) is 3.45. The van der Waals surface area contributed by atoms with E-state index in [1.165, 1.54) is 7.11 Å². The van der Waals surface area contributed by atoms with Gasteiger partial charge >= 0.3 is 0 Å². The second-order valence-electron chi connectivity index (χ2n) is 3.45. The maximum atomic E-state index is 9.46. The molecule has 2 aromatic rings. The standard InChI is InChI=1S/C13H13NO2/c1-16-13(15)12-4-2-10(3-5-12)11-6-8-14-9-7-11/h2-9,13,15H,1H3. The average Bonchev–Trinajstić information content (AvgIpc) is 2.39. The van der Waals surface area contributed by atoms with E-state index in [2.05, 4.69) is 4.98 Å². The Morgan fingerprint density at radius 2 is 1.56 bits per heavy atom. The molecular weight excluding hydrogens is 202 g/mol. The fourth-order valence-corrected chi connectivity index (χ4v) is 1.52. The normalized spacial score (nSPS) is 12.4. The van der Waals surface area contributed by atoms with Gasteiger partial charge in [0.25, 0.3) is 0 Å². The summed E-state index contributed by atoms with van der Waals surface area (Å²) < 4.78 is 4.83. The molecule has 0 amide bonds. The van der Waals surface area contributed by atoms with E-state index >= 15 is 0 Å². The van der Waals surface area contributed by atoms with Crippen molar-refractivity contribution < 1.29 is 9.84 Å². The highest BCUT2D eigenvalue weighted by atomic mass is 16.6. The summed E-state index contributed by atoms with van der Waals surface area (Å²) in [6, 6.07) is 11.5. The van der Waals surface area contributed by atoms with Crippen molar-refractivity contribution in [1.82, 2.24) is 4.98 Å². The number of pyridine rings is 1. The van der Waals surface area contributed by atoms with Crippen LogP contribution < -0.4 is 0 Å². The molecule has 1 atom stereocenters. The van der Waals surface area contributed by atoms with Gasteiger partial charge in [0.2, 0.25) is 0 Å². The number of ether oxygens (including phenoxy) is 1. The van der Waals surface area contributed by atoms with Gasteiger partial charge in [0.15, 0.2) is 6.29 Å². The molecule has 1 heterocycles. The van der Waals surface area contributed by atoms with Crippen molar-refractivity contribution in [2.24, 2.45) is 0 Å². The number of aromatic nitrogens is 1. The van der Waals surface area contributed by atoms with E-state index in [1.54, 1.807) is 12.4 Å². The van der Waals surface area contributed by atoms with E-state index in [0.717, 1.165) is 16.7 Å². The third kappa shape index (κ3) is 2.27. The van der Waals surface area contributed by atoms with Gasteiger partial charge in [-0.05, 0) is 23.3 Å². The Morgan fingerprint density at radius 1 is 1.00 bits per heavy atom. The fourth-order valence-electron chi connectivity index (χ4n) is 1.52. The van der Waals surface area contributed by atoms with Crippen LogP contribution in [0.1, 0.15) is 11.9 Å². The minimum absolute atomic E-state index is 0.750. The zero-order valence-corrected chi connectivity index (χ0v) is 9.00. The molecule has 0 bridgehead atoms. The Kier molecular flexibility index (Phi) is 3.29. The zero-order valence-electron chi connectivity index (χ0n) is 9.00. The number of rotatable bonds is 3. The van der Waals surface area contributed by atoms with E-state index in [4.69, 9.17) is 4.74 Å². The Labute approximate surface area is 94.3 Å². The smallest absolute Gasteiger partial charge is 0.180 e. The van der Waals surface area contributed by atoms with Crippen LogP contribution in [-0.2, 0) is 4.74 Å². The summed E-state index contributed by atoms with van der Waals surface area (Å²) in [5, 5.41) is 9.46. The third-order valence-electron chi connectivity index (χ3n) is 2.43. The molecule has 0 spiro atoms. The average molecular weight is 215 g/mol. The molecule has 3 heteroatoms. The van der Waals surface area contributed by atoms with E-state index in [-0.39, 0.29) is 0 Å². The summed E-state index contributed by atoms with van der Waals surface area (Å²) in [6.07, 6.45) is 2.66. The Bertz CT molecular complexity index is 439. The van der Waals surface area contributed by atoms with Gasteiger partial charge in [0.1, 0.15) is 0 Å². The molecule has 0 radical (unpaired) electrons. The summed E-state index contributed by atoms with van der Waals surface area (Å²) in [4.78, 5) is 3.97. The molecule has 0 saturated heterocycles. The maximum Gasteiger partial charge on any atom is 0.180 e. The number of aliphatic hydroxyl groups is 1. The number of aliphatic hydroxyl groups excluding tert-OH is 1. The Morgan fingerprint density at radius 3 is 2.12 bits per heavy atom. The number of nitrogens with zero attached hydrogens (tertiary/aromatic N) is 1. The van der Waals surface area contributed by atoms with Crippen LogP contribution in [0.4, 0.5) is 0 Å². The molecule has 2 rings (SSSR count). The van der Waals surface area contributed by atoms with Crippen molar-refractivity contribution in [1.29, 1.82) is 0 Å². The van der Waals surface area contributed by atoms with Gasteiger partial charge in [0, 0.05) is 25.1 Å². The number of hydrogen-bond donors (Lipinski definition) is 1. The fraction of sp³-hybridized carbons (Fsp3) is 0.154. The molecule has 0 aliphatic heterocycles. The summed E-state index contributed by atoms with van der Waals surface area (Å²) in [6.45, 7) is 0. The molecular formula is C13H13NO2. The van der Waals surface area contributed by atoms with Crippen LogP contribution in [0.15, 0.2) is 48.8 Å². The number of hydrogen-bond acceptors (Lipinski definition) is 3. The summed E-state index contributed by atoms with van der Waals surface area (Å²) in [7, 11) is 1.47. The maximum absolute atomic E-state index is 9.46. The van der Waals surface area contributed by atoms with E-state index in [1.807, 2.05) is 36.4 Å². The largest absolute Gasteiger partial charge is 0.364 e. The summed E-state index contributed by atoms with van der Waals surface area (Å²) >= 11 is 0. The Hall–Kier alpha value is -1.71. The molecule has 1 N–H and O–H groups in total. The van der Waals surface area contributed by atoms with Gasteiger partial charge in [-0.25, -0.2) is 0 Å². The van der Waals surface area contributed by atoms with Crippen molar-refractivity contribution in [2.75, 3.05) is 7.11 Å². The van der Waals surface area contributed by atoms with Crippen molar-refractivity contribution in [3.63, 3.8) is 0 Å². The van der Waals surface area contributed by atoms with Gasteiger partial charge in [0.05, 0.1) is 0 Å². The van der Waals surface area contributed by atoms with Crippen LogP contribution in [0.25, 0.3) is 11.1 Å². The first-order valence-electron chi connectivity index (χ1n) is 5.02. The molecule has 0 aliphatic carbocycles. The van der Waals surface area contributed by atoms with Crippen LogP contribution >= 0.6 is 0 Å². The molecule has 0 fully saturated rings. The van der Waals surface area contributed by atoms with Gasteiger partial charge in [-0.3, -0.25) is 4.98 Å². The van der Waals surface area contributed by atoms with Crippen molar-refractivity contribution in [3.8, 4) is 11.1 Å². The van der Waals surface area contributed by atoms with E-state index < -0.39 is 6.29 Å². The van der Waals surface area contributed by atoms with Crippen LogP contribution in [0, 0.1) is 0 Å². The predicted octanol–water partition coefficient (Wildman–Crippen LogP) is 2.39. The summed E-state index contributed by atoms with van der Waals surface area (Å²) in [5.41, 5.74) is 2.95. The van der Waals surface area contributed by atoms with Gasteiger partial charge < -0.3 is 9.84 Å². The molecule has 82 valence electrons. The topological polar surface area (TPSA) is 42.4 Å². The van der Waals surface area contributed by atoms with Gasteiger partial charge in [-0.1, -0.05) is 24.3 Å². The first-order valence-corrected chi connectivity index (χ1v) is 5.02. The molecule has 1 aromatic heterocycles. The van der Waals surface area contributed by atoms with Crippen molar-refractivity contribution in [2.45, 2.75) is 6.29 Å². The highest BCUT2D eigenvalue weighted by Gasteiger charge is 2.05. The highest BCUT2D eigenvalue weighted by Crippen LogP contribution is 2.21. The van der Waals surface area contributed by atoms with Gasteiger partial charge in [-0.2, -0.15) is 0 Å². The van der Waals surface area contributed by atoms with E-state index in [0.29, 0.717) is 0 Å². The zero-order chi connectivity index (χ0) is 11.4. The summed E-state index contributed by atoms with van der Waals surface area (Å²) in [5.74, 6) is 0. The Balaban J connectivity index is 2.26. The molecule has 1 unspecified atom stereocenters. The molecule has 1 aromatic carbocycles. The van der Waals surface area contributed by atoms with Crippen LogP contribution in [0.2, 0.25) is 0 Å². The SMILES string of the molecule is COC(O)c1ccc(-c2ccncc2)cc1. The molecule has 3 nitrogen and oxygen atoms in total. The first kappa shape index (κ1) is 10.8. The number of methoxy groups -OCH3 is 1. The van der Waals surface area contributed by atoms with Crippen LogP contribution in [0.3, 0.4) is 0 Å². The molecule has 0 aliphatic rings. The third-order valence-corrected chi connectivity index (χ3v) is 2.43. The highest BCUT2D eigenvalue weighted by molar-refractivity contribution is 5.62. The van der Waals surface area contributed by atoms with Crippen molar-refractivity contribution in [3.05, 3.63) is 54.4 Å². The first-order chi connectivity index (χ1) is 7.81. The lowest BCUT2D eigenvalue weighted by Gasteiger charge is -2.09. The predicted molar refractivity (Wildman–Crippen MR) is 61.6 cm³/mol. The molecule has 0 saturated carbocycles. The molecule has 16 heavy (non-hydrogen) atoms. The van der Waals surface area contributed by atoms with E-state index in [9.17, 15) is 5.11 Å². The quantitative estimate of drug-likeness (QED) is 0.799. The lowest BCUT2D eigenvalue weighted by Crippen LogP contribution is -1.98. The lowest BCUT2D eigenvalue weighted by atomic mass is 10.1. The number of benzene rings is 1. The van der Waals surface area contributed by atoms with Crippen LogP contribution in [-0.4, -0.2) is 17.2 Å². The second kappa shape index (κ2) is 4.88. The monoisotopic (exact) mass is 215 g/mol. The van der Waals surface area contributed by atoms with Gasteiger partial charge in [-0.15, -0.1) is 0 Å². The minimum atomic E-state index is -0.855. The van der Waals surface area contributed by atoms with Crippen molar-refractivity contribution >= 4 is 0 Å².